The van der Waals surface area contributed by atoms with Crippen molar-refractivity contribution in [3.63, 3.8) is 0 Å². The Morgan fingerprint density at radius 2 is 2.27 bits per heavy atom. The summed E-state index contributed by atoms with van der Waals surface area (Å²) in [6.45, 7) is 1.72. The molecule has 0 amide bonds. The van der Waals surface area contributed by atoms with Gasteiger partial charge in [0.05, 0.1) is 17.1 Å². The van der Waals surface area contributed by atoms with Gasteiger partial charge < -0.3 is 5.73 Å². The number of halogens is 1. The molecule has 2 N–H and O–H groups in total. The highest BCUT2D eigenvalue weighted by Crippen LogP contribution is 2.22. The minimum Gasteiger partial charge on any atom is -0.320 e. The Balaban J connectivity index is 2.34. The van der Waals surface area contributed by atoms with Crippen LogP contribution in [0.5, 0.6) is 0 Å². The van der Waals surface area contributed by atoms with E-state index >= 15 is 0 Å². The molecule has 0 aliphatic heterocycles. The molecule has 0 saturated heterocycles. The summed E-state index contributed by atoms with van der Waals surface area (Å²) in [4.78, 5) is 0.832. The number of aryl methyl sites for hydroxylation is 1. The monoisotopic (exact) mass is 223 g/mol. The Kier molecular flexibility index (Phi) is 2.75. The third-order valence-electron chi connectivity index (χ3n) is 2.24. The van der Waals surface area contributed by atoms with Crippen LogP contribution in [-0.4, -0.2) is 9.59 Å². The molecule has 3 nitrogen and oxygen atoms in total. The quantitative estimate of drug-likeness (QED) is 0.847. The normalized spacial score (nSPS) is 12.7. The predicted molar refractivity (Wildman–Crippen MR) is 57.1 cm³/mol. The fraction of sp³-hybridized carbons (Fsp3) is 0.200. The van der Waals surface area contributed by atoms with E-state index in [1.165, 1.54) is 17.6 Å². The summed E-state index contributed by atoms with van der Waals surface area (Å²) < 4.78 is 17.0. The first kappa shape index (κ1) is 10.2. The van der Waals surface area contributed by atoms with Crippen molar-refractivity contribution in [2.24, 2.45) is 5.73 Å². The summed E-state index contributed by atoms with van der Waals surface area (Å²) in [5.74, 6) is -0.236. The summed E-state index contributed by atoms with van der Waals surface area (Å²) in [5, 5.41) is 3.70. The van der Waals surface area contributed by atoms with Crippen molar-refractivity contribution in [1.82, 2.24) is 9.59 Å². The summed E-state index contributed by atoms with van der Waals surface area (Å²) in [6.07, 6.45) is 1.60. The minimum atomic E-state index is -0.347. The summed E-state index contributed by atoms with van der Waals surface area (Å²) >= 11 is 1.23. The molecule has 0 radical (unpaired) electrons. The fourth-order valence-corrected chi connectivity index (χ4v) is 1.81. The predicted octanol–water partition coefficient (Wildman–Crippen LogP) is 2.03. The molecule has 1 atom stereocenters. The average molecular weight is 223 g/mol. The molecule has 2 aromatic rings. The molecular weight excluding hydrogens is 213 g/mol. The van der Waals surface area contributed by atoms with Crippen LogP contribution in [0.15, 0.2) is 24.4 Å². The van der Waals surface area contributed by atoms with Crippen molar-refractivity contribution in [3.8, 4) is 0 Å². The number of aromatic nitrogens is 2. The van der Waals surface area contributed by atoms with Crippen LogP contribution in [0.4, 0.5) is 4.39 Å². The largest absolute Gasteiger partial charge is 0.320 e. The SMILES string of the molecule is Cc1ccc(C(N)c2cnns2)cc1F. The molecule has 1 unspecified atom stereocenters. The van der Waals surface area contributed by atoms with Crippen molar-refractivity contribution in [3.05, 3.63) is 46.2 Å². The standard InChI is InChI=1S/C10H10FN3S/c1-6-2-3-7(4-8(6)11)10(12)9-5-13-14-15-9/h2-5,10H,12H2,1H3. The van der Waals surface area contributed by atoms with E-state index in [0.717, 1.165) is 10.4 Å². The molecular formula is C10H10FN3S. The maximum absolute atomic E-state index is 13.3. The van der Waals surface area contributed by atoms with Gasteiger partial charge in [-0.1, -0.05) is 16.6 Å². The van der Waals surface area contributed by atoms with Crippen LogP contribution in [0, 0.1) is 12.7 Å². The number of hydrogen-bond acceptors (Lipinski definition) is 4. The van der Waals surface area contributed by atoms with E-state index in [4.69, 9.17) is 5.73 Å². The van der Waals surface area contributed by atoms with Crippen molar-refractivity contribution in [1.29, 1.82) is 0 Å². The van der Waals surface area contributed by atoms with Gasteiger partial charge in [0.15, 0.2) is 0 Å². The molecule has 1 heterocycles. The first-order valence-electron chi connectivity index (χ1n) is 4.47. The average Bonchev–Trinajstić information content (AvgIpc) is 2.74. The summed E-state index contributed by atoms with van der Waals surface area (Å²) in [6, 6.07) is 4.65. The lowest BCUT2D eigenvalue weighted by atomic mass is 10.0. The van der Waals surface area contributed by atoms with Crippen LogP contribution in [0.25, 0.3) is 0 Å². The zero-order valence-electron chi connectivity index (χ0n) is 8.14. The number of nitrogens with zero attached hydrogens (tertiary/aromatic N) is 2. The van der Waals surface area contributed by atoms with Gasteiger partial charge in [0.25, 0.3) is 0 Å². The smallest absolute Gasteiger partial charge is 0.126 e. The Labute approximate surface area is 90.9 Å². The molecule has 2 rings (SSSR count). The van der Waals surface area contributed by atoms with Gasteiger partial charge in [-0.05, 0) is 35.6 Å². The van der Waals surface area contributed by atoms with Crippen molar-refractivity contribution in [2.45, 2.75) is 13.0 Å². The number of nitrogens with two attached hydrogens (primary N) is 1. The highest BCUT2D eigenvalue weighted by Gasteiger charge is 2.12. The Bertz CT molecular complexity index is 456. The van der Waals surface area contributed by atoms with Crippen LogP contribution < -0.4 is 5.73 Å². The van der Waals surface area contributed by atoms with Crippen molar-refractivity contribution < 1.29 is 4.39 Å². The molecule has 15 heavy (non-hydrogen) atoms. The van der Waals surface area contributed by atoms with E-state index in [9.17, 15) is 4.39 Å². The van der Waals surface area contributed by atoms with Gasteiger partial charge in [0.2, 0.25) is 0 Å². The van der Waals surface area contributed by atoms with E-state index in [1.54, 1.807) is 19.2 Å². The molecule has 0 aliphatic carbocycles. The van der Waals surface area contributed by atoms with E-state index in [2.05, 4.69) is 9.59 Å². The van der Waals surface area contributed by atoms with Gasteiger partial charge in [0.1, 0.15) is 5.82 Å². The van der Waals surface area contributed by atoms with Gasteiger partial charge in [-0.3, -0.25) is 0 Å². The second-order valence-corrected chi connectivity index (χ2v) is 4.12. The minimum absolute atomic E-state index is 0.236. The lowest BCUT2D eigenvalue weighted by Crippen LogP contribution is -2.10. The summed E-state index contributed by atoms with van der Waals surface area (Å²) in [7, 11) is 0. The van der Waals surface area contributed by atoms with Crippen LogP contribution in [0.1, 0.15) is 22.0 Å². The lowest BCUT2D eigenvalue weighted by molar-refractivity contribution is 0.614. The first-order chi connectivity index (χ1) is 7.18. The highest BCUT2D eigenvalue weighted by atomic mass is 32.1. The number of hydrogen-bond donors (Lipinski definition) is 1. The van der Waals surface area contributed by atoms with E-state index in [1.807, 2.05) is 6.07 Å². The van der Waals surface area contributed by atoms with Crippen LogP contribution in [0.3, 0.4) is 0 Å². The van der Waals surface area contributed by atoms with Gasteiger partial charge >= 0.3 is 0 Å². The molecule has 1 aromatic carbocycles. The van der Waals surface area contributed by atoms with Crippen molar-refractivity contribution >= 4 is 11.5 Å². The van der Waals surface area contributed by atoms with Crippen LogP contribution in [-0.2, 0) is 0 Å². The van der Waals surface area contributed by atoms with Crippen LogP contribution in [0.2, 0.25) is 0 Å². The molecule has 78 valence electrons. The lowest BCUT2D eigenvalue weighted by Gasteiger charge is -2.09. The van der Waals surface area contributed by atoms with E-state index in [0.29, 0.717) is 5.56 Å². The second-order valence-electron chi connectivity index (χ2n) is 3.31. The Morgan fingerprint density at radius 1 is 1.47 bits per heavy atom. The third-order valence-corrected chi connectivity index (χ3v) is 2.99. The highest BCUT2D eigenvalue weighted by molar-refractivity contribution is 7.05. The molecule has 0 fully saturated rings. The molecule has 0 spiro atoms. The maximum atomic E-state index is 13.3. The Hall–Kier alpha value is -1.33. The molecule has 0 bridgehead atoms. The molecule has 5 heteroatoms. The fourth-order valence-electron chi connectivity index (χ4n) is 1.28. The van der Waals surface area contributed by atoms with Crippen molar-refractivity contribution in [2.75, 3.05) is 0 Å². The number of rotatable bonds is 2. The second kappa shape index (κ2) is 4.04. The topological polar surface area (TPSA) is 51.8 Å². The van der Waals surface area contributed by atoms with E-state index < -0.39 is 0 Å². The zero-order valence-corrected chi connectivity index (χ0v) is 8.96. The maximum Gasteiger partial charge on any atom is 0.126 e. The summed E-state index contributed by atoms with van der Waals surface area (Å²) in [5.41, 5.74) is 7.30. The van der Waals surface area contributed by atoms with Gasteiger partial charge in [-0.2, -0.15) is 0 Å². The first-order valence-corrected chi connectivity index (χ1v) is 5.24. The van der Waals surface area contributed by atoms with Gasteiger partial charge in [-0.15, -0.1) is 5.10 Å². The third kappa shape index (κ3) is 2.03. The van der Waals surface area contributed by atoms with Gasteiger partial charge in [-0.25, -0.2) is 4.39 Å². The number of benzene rings is 1. The zero-order chi connectivity index (χ0) is 10.8. The van der Waals surface area contributed by atoms with Crippen LogP contribution >= 0.6 is 11.5 Å². The molecule has 1 aromatic heterocycles. The molecule has 0 saturated carbocycles. The molecule has 0 aliphatic rings. The van der Waals surface area contributed by atoms with E-state index in [-0.39, 0.29) is 11.9 Å². The van der Waals surface area contributed by atoms with Gasteiger partial charge in [0, 0.05) is 0 Å². The Morgan fingerprint density at radius 3 is 2.87 bits per heavy atom.